The van der Waals surface area contributed by atoms with E-state index < -0.39 is 102 Å². The number of aromatic nitrogens is 4. The van der Waals surface area contributed by atoms with E-state index in [0.717, 1.165) is 28.4 Å². The van der Waals surface area contributed by atoms with E-state index in [1.165, 1.54) is 18.9 Å². The maximum Gasteiger partial charge on any atom is 0.311 e. The minimum atomic E-state index is -1.83. The number of hydrogen-bond acceptors (Lipinski definition) is 18. The number of aliphatic hydroxyl groups excluding tert-OH is 3. The molecule has 0 saturated carbocycles. The molecule has 19 heteroatoms. The zero-order chi connectivity index (χ0) is 53.0. The summed E-state index contributed by atoms with van der Waals surface area (Å²) in [5, 5.41) is 69.7. The fraction of sp³-hybridized carbons (Fsp3) is 0.774. The summed E-state index contributed by atoms with van der Waals surface area (Å²) < 4.78 is 40.2. The van der Waals surface area contributed by atoms with E-state index in [4.69, 9.17) is 33.4 Å². The highest BCUT2D eigenvalue weighted by Gasteiger charge is 2.53. The summed E-state index contributed by atoms with van der Waals surface area (Å²) in [6.45, 7) is 21.4. The summed E-state index contributed by atoms with van der Waals surface area (Å²) >= 11 is 1.69. The van der Waals surface area contributed by atoms with Crippen LogP contribution in [0.2, 0.25) is 0 Å². The van der Waals surface area contributed by atoms with Crippen molar-refractivity contribution in [1.29, 1.82) is 0 Å². The van der Waals surface area contributed by atoms with Crippen molar-refractivity contribution in [3.05, 3.63) is 52.8 Å². The number of carbonyl (C=O) groups is 1. The number of benzene rings is 1. The lowest BCUT2D eigenvalue weighted by Crippen LogP contribution is -2.61. The van der Waals surface area contributed by atoms with Gasteiger partial charge in [0.15, 0.2) is 12.6 Å². The van der Waals surface area contributed by atoms with Gasteiger partial charge in [0, 0.05) is 80.6 Å². The monoisotopic (exact) mass is 1030 g/mol. The lowest BCUT2D eigenvalue weighted by Gasteiger charge is -2.49. The third-order valence-electron chi connectivity index (χ3n) is 15.9. The van der Waals surface area contributed by atoms with Crippen LogP contribution in [0.1, 0.15) is 111 Å². The van der Waals surface area contributed by atoms with E-state index in [-0.39, 0.29) is 31.3 Å². The number of nitrogens with zero attached hydrogens (tertiary/aromatic N) is 6. The Labute approximate surface area is 431 Å². The maximum absolute atomic E-state index is 14.5. The zero-order valence-electron chi connectivity index (χ0n) is 45.2. The van der Waals surface area contributed by atoms with Crippen molar-refractivity contribution in [2.75, 3.05) is 34.3 Å². The van der Waals surface area contributed by atoms with Crippen molar-refractivity contribution in [3.8, 4) is 10.6 Å². The molecule has 72 heavy (non-hydrogen) atoms. The van der Waals surface area contributed by atoms with Gasteiger partial charge in [-0.15, -0.1) is 16.4 Å². The van der Waals surface area contributed by atoms with E-state index >= 15 is 0 Å². The largest absolute Gasteiger partial charge is 0.459 e. The Morgan fingerprint density at radius 2 is 1.65 bits per heavy atom. The molecule has 3 fully saturated rings. The number of ether oxygens (including phenoxy) is 6. The molecule has 406 valence electrons. The molecule has 18 atom stereocenters. The Morgan fingerprint density at radius 3 is 2.32 bits per heavy atom. The van der Waals surface area contributed by atoms with Gasteiger partial charge in [-0.3, -0.25) is 9.48 Å². The normalized spacial score (nSPS) is 39.1. The van der Waals surface area contributed by atoms with Crippen LogP contribution in [0.15, 0.2) is 36.5 Å². The average molecular weight is 1030 g/mol. The van der Waals surface area contributed by atoms with Gasteiger partial charge in [-0.2, -0.15) is 0 Å². The van der Waals surface area contributed by atoms with Gasteiger partial charge in [0.25, 0.3) is 0 Å². The maximum atomic E-state index is 14.5. The fourth-order valence-corrected chi connectivity index (χ4v) is 12.2. The van der Waals surface area contributed by atoms with Gasteiger partial charge in [-0.25, -0.2) is 4.98 Å². The number of thiazole rings is 1. The zero-order valence-corrected chi connectivity index (χ0v) is 46.0. The third-order valence-corrected chi connectivity index (χ3v) is 17.0. The second-order valence-corrected chi connectivity index (χ2v) is 23.2. The van der Waals surface area contributed by atoms with Crippen molar-refractivity contribution in [2.45, 2.75) is 212 Å². The smallest absolute Gasteiger partial charge is 0.311 e. The van der Waals surface area contributed by atoms with Crippen LogP contribution < -0.4 is 0 Å². The second-order valence-electron chi connectivity index (χ2n) is 22.0. The quantitative estimate of drug-likeness (QED) is 0.137. The van der Waals surface area contributed by atoms with Crippen molar-refractivity contribution < 1.29 is 58.7 Å². The van der Waals surface area contributed by atoms with Crippen LogP contribution in [0.4, 0.5) is 0 Å². The number of cyclic esters (lactones) is 1. The number of methoxy groups -OCH3 is 1. The van der Waals surface area contributed by atoms with Gasteiger partial charge < -0.3 is 63.8 Å². The van der Waals surface area contributed by atoms with Gasteiger partial charge in [-0.1, -0.05) is 56.3 Å². The molecule has 5 heterocycles. The molecule has 1 aromatic carbocycles. The van der Waals surface area contributed by atoms with E-state index in [9.17, 15) is 30.3 Å². The topological polar surface area (TPSA) is 224 Å². The van der Waals surface area contributed by atoms with Gasteiger partial charge in [-0.05, 0) is 94.7 Å². The van der Waals surface area contributed by atoms with Gasteiger partial charge >= 0.3 is 5.97 Å². The van der Waals surface area contributed by atoms with Crippen molar-refractivity contribution in [1.82, 2.24) is 29.8 Å². The highest BCUT2D eigenvalue weighted by molar-refractivity contribution is 7.15. The predicted octanol–water partition coefficient (Wildman–Crippen LogP) is 4.78. The van der Waals surface area contributed by atoms with Crippen LogP contribution >= 0.6 is 11.3 Å². The first-order chi connectivity index (χ1) is 33.8. The molecule has 18 nitrogen and oxygen atoms in total. The molecule has 2 aromatic heterocycles. The molecule has 3 aromatic rings. The summed E-state index contributed by atoms with van der Waals surface area (Å²) in [5.41, 5.74) is -1.54. The molecule has 6 rings (SSSR count). The van der Waals surface area contributed by atoms with E-state index in [1.807, 2.05) is 68.8 Å². The molecule has 0 amide bonds. The lowest BCUT2D eigenvalue weighted by atomic mass is 9.77. The molecule has 0 radical (unpaired) electrons. The van der Waals surface area contributed by atoms with Crippen LogP contribution in [-0.4, -0.2) is 186 Å². The van der Waals surface area contributed by atoms with Crippen molar-refractivity contribution in [3.63, 3.8) is 0 Å². The highest BCUT2D eigenvalue weighted by Crippen LogP contribution is 2.40. The fourth-order valence-electron chi connectivity index (χ4n) is 11.3. The van der Waals surface area contributed by atoms with Gasteiger partial charge in [0.1, 0.15) is 35.0 Å². The van der Waals surface area contributed by atoms with Crippen LogP contribution in [0.25, 0.3) is 10.6 Å². The Balaban J connectivity index is 1.24. The number of aliphatic hydroxyl groups is 5. The van der Waals surface area contributed by atoms with E-state index in [1.54, 1.807) is 52.9 Å². The molecule has 3 saturated heterocycles. The van der Waals surface area contributed by atoms with Crippen molar-refractivity contribution >= 4 is 17.3 Å². The van der Waals surface area contributed by atoms with Gasteiger partial charge in [0.05, 0.1) is 52.9 Å². The number of hydrogen-bond donors (Lipinski definition) is 5. The first-order valence-corrected chi connectivity index (χ1v) is 26.8. The number of aryl methyl sites for hydroxylation is 3. The summed E-state index contributed by atoms with van der Waals surface area (Å²) in [7, 11) is 5.31. The third kappa shape index (κ3) is 13.5. The number of esters is 1. The minimum Gasteiger partial charge on any atom is -0.459 e. The van der Waals surface area contributed by atoms with Gasteiger partial charge in [0.2, 0.25) is 0 Å². The SMILES string of the molecule is CC[C@H]1OC(=O)[C@H](C)[C@@H](O[C@H]2C[C@@](C)(OC)[C@@H](O)[C@H](C)O2)[C@H](C)[C@@H](O[C@@H]2O[C@H](C)C[C@H](N(C)CCc3cn(CCc4nc(-c5ccccc5)sc4C)nn3)[C@H]2O)[C@](C)(O)C[C@@H](C)CN(C)[C@H](C)[C@@H](O)[C@]1(C)O. The summed E-state index contributed by atoms with van der Waals surface area (Å²) in [6.07, 6.45) is -5.68. The average Bonchev–Trinajstić information content (AvgIpc) is 3.96. The number of carbonyl (C=O) groups excluding carboxylic acids is 1. The molecule has 3 aliphatic heterocycles. The van der Waals surface area contributed by atoms with Crippen LogP contribution in [0.3, 0.4) is 0 Å². The number of likely N-dealkylation sites (N-methyl/N-ethyl adjacent to an activating group) is 2. The first-order valence-electron chi connectivity index (χ1n) is 26.0. The molecular weight excluding hydrogens is 945 g/mol. The van der Waals surface area contributed by atoms with Crippen molar-refractivity contribution in [2.24, 2.45) is 17.8 Å². The second kappa shape index (κ2) is 24.3. The summed E-state index contributed by atoms with van der Waals surface area (Å²) in [4.78, 5) is 24.6. The molecule has 0 unspecified atom stereocenters. The molecule has 3 aliphatic rings. The van der Waals surface area contributed by atoms with E-state index in [2.05, 4.69) is 34.3 Å². The van der Waals surface area contributed by atoms with Crippen LogP contribution in [-0.2, 0) is 52.6 Å². The molecule has 0 aliphatic carbocycles. The highest BCUT2D eigenvalue weighted by atomic mass is 32.1. The minimum absolute atomic E-state index is 0.107. The molecular formula is C53H86N6O12S. The molecule has 0 spiro atoms. The summed E-state index contributed by atoms with van der Waals surface area (Å²) in [5.74, 6) is -2.75. The summed E-state index contributed by atoms with van der Waals surface area (Å²) in [6, 6.07) is 9.21. The van der Waals surface area contributed by atoms with Crippen LogP contribution in [0, 0.1) is 24.7 Å². The Hall–Kier alpha value is -3.02. The predicted molar refractivity (Wildman–Crippen MR) is 273 cm³/mol. The standard InChI is InChI=1S/C53H86N6O12S/c1-15-41-53(11,65)45(61)34(6)58(13)28-30(2)26-51(9,64)47(32(4)44(33(5)49(63)69-41)70-42-27-52(10,66-14)46(62)35(7)68-42)71-50-43(60)40(25-31(3)67-50)57(12)23-21-38-29-59(56-55-38)24-22-39-36(8)72-48(54-39)37-19-17-16-18-20-37/h16-20,29-35,40-47,50,60-62,64-65H,15,21-28H2,1-14H3/t30-,31-,32+,33-,34-,35+,40+,41-,42+,43-,44+,45-,46+,47-,50+,51-,52-,53-/m1/s1. The van der Waals surface area contributed by atoms with Crippen LogP contribution in [0.5, 0.6) is 0 Å². The Bertz CT molecular complexity index is 2180. The Kier molecular flexibility index (Phi) is 19.7. The molecule has 5 N–H and O–H groups in total. The lowest BCUT2D eigenvalue weighted by molar-refractivity contribution is -0.318. The first kappa shape index (κ1) is 58.2. The number of rotatable bonds is 14. The molecule has 0 bridgehead atoms. The van der Waals surface area contributed by atoms with E-state index in [0.29, 0.717) is 32.5 Å². The Morgan fingerprint density at radius 1 is 0.958 bits per heavy atom.